The zero-order valence-corrected chi connectivity index (χ0v) is 10.5. The normalized spacial score (nSPS) is 23.1. The highest BCUT2D eigenvalue weighted by atomic mass is 16.5. The topological polar surface area (TPSA) is 82.3 Å². The number of ether oxygens (including phenoxy) is 2. The molecule has 1 atom stereocenters. The van der Waals surface area contributed by atoms with Gasteiger partial charge in [0.15, 0.2) is 0 Å². The van der Waals surface area contributed by atoms with Crippen LogP contribution in [-0.2, 0) is 4.74 Å². The van der Waals surface area contributed by atoms with Crippen LogP contribution in [0.25, 0.3) is 0 Å². The number of nitrogens with zero attached hydrogens (tertiary/aromatic N) is 2. The van der Waals surface area contributed by atoms with E-state index in [1.165, 1.54) is 0 Å². The van der Waals surface area contributed by atoms with Crippen LogP contribution in [0.2, 0.25) is 0 Å². The van der Waals surface area contributed by atoms with Gasteiger partial charge in [-0.15, -0.1) is 0 Å². The molecule has 2 aliphatic rings. The van der Waals surface area contributed by atoms with Gasteiger partial charge in [-0.05, 0) is 19.8 Å². The Morgan fingerprint density at radius 3 is 2.78 bits per heavy atom. The predicted octanol–water partition coefficient (Wildman–Crippen LogP) is 1.12. The van der Waals surface area contributed by atoms with Gasteiger partial charge in [-0.2, -0.15) is 4.98 Å². The molecule has 0 bridgehead atoms. The van der Waals surface area contributed by atoms with Gasteiger partial charge in [0, 0.05) is 12.3 Å². The van der Waals surface area contributed by atoms with Crippen molar-refractivity contribution in [3.8, 4) is 5.88 Å². The Morgan fingerprint density at radius 1 is 1.33 bits per heavy atom. The summed E-state index contributed by atoms with van der Waals surface area (Å²) in [5, 5.41) is 0. The van der Waals surface area contributed by atoms with E-state index in [1.807, 2.05) is 6.92 Å². The third kappa shape index (κ3) is 2.26. The second-order valence-electron chi connectivity index (χ2n) is 4.88. The van der Waals surface area contributed by atoms with Crippen LogP contribution in [0.4, 0.5) is 5.82 Å². The van der Waals surface area contributed by atoms with Crippen molar-refractivity contribution in [2.75, 3.05) is 18.6 Å². The number of hydrogen-bond acceptors (Lipinski definition) is 6. The van der Waals surface area contributed by atoms with Crippen LogP contribution in [-0.4, -0.2) is 29.3 Å². The Hall–Kier alpha value is -1.40. The van der Waals surface area contributed by atoms with Crippen LogP contribution in [0.3, 0.4) is 0 Å². The highest BCUT2D eigenvalue weighted by molar-refractivity contribution is 5.48. The van der Waals surface area contributed by atoms with Crippen molar-refractivity contribution in [2.24, 2.45) is 5.84 Å². The standard InChI is InChI=1S/C12H18N4O2/c1-7-10(16-13)14-11(8-2-3-8)15-12(7)18-9-4-5-17-6-9/h8-9H,2-6,13H2,1H3,(H,14,15,16). The first-order valence-electron chi connectivity index (χ1n) is 6.37. The molecule has 3 N–H and O–H groups in total. The van der Waals surface area contributed by atoms with E-state index in [9.17, 15) is 0 Å². The van der Waals surface area contributed by atoms with Gasteiger partial charge in [0.25, 0.3) is 0 Å². The Morgan fingerprint density at radius 2 is 2.17 bits per heavy atom. The summed E-state index contributed by atoms with van der Waals surface area (Å²) in [6, 6.07) is 0. The summed E-state index contributed by atoms with van der Waals surface area (Å²) in [7, 11) is 0. The Labute approximate surface area is 106 Å². The summed E-state index contributed by atoms with van der Waals surface area (Å²) in [5.74, 6) is 8.09. The second kappa shape index (κ2) is 4.70. The van der Waals surface area contributed by atoms with Crippen molar-refractivity contribution in [1.82, 2.24) is 9.97 Å². The number of anilines is 1. The Bertz CT molecular complexity index is 442. The molecule has 1 aromatic heterocycles. The lowest BCUT2D eigenvalue weighted by Crippen LogP contribution is -2.19. The molecule has 2 heterocycles. The Kier molecular flexibility index (Phi) is 3.05. The molecule has 0 radical (unpaired) electrons. The van der Waals surface area contributed by atoms with Gasteiger partial charge < -0.3 is 14.9 Å². The van der Waals surface area contributed by atoms with Crippen molar-refractivity contribution in [1.29, 1.82) is 0 Å². The highest BCUT2D eigenvalue weighted by Gasteiger charge is 2.29. The van der Waals surface area contributed by atoms with Crippen molar-refractivity contribution in [3.63, 3.8) is 0 Å². The lowest BCUT2D eigenvalue weighted by molar-refractivity contribution is 0.137. The van der Waals surface area contributed by atoms with Gasteiger partial charge >= 0.3 is 0 Å². The quantitative estimate of drug-likeness (QED) is 0.615. The third-order valence-corrected chi connectivity index (χ3v) is 3.36. The summed E-state index contributed by atoms with van der Waals surface area (Å²) >= 11 is 0. The van der Waals surface area contributed by atoms with Crippen LogP contribution in [0.15, 0.2) is 0 Å². The van der Waals surface area contributed by atoms with Gasteiger partial charge in [-0.3, -0.25) is 0 Å². The number of rotatable bonds is 4. The third-order valence-electron chi connectivity index (χ3n) is 3.36. The summed E-state index contributed by atoms with van der Waals surface area (Å²) in [6.07, 6.45) is 3.31. The maximum absolute atomic E-state index is 5.90. The van der Waals surface area contributed by atoms with E-state index in [0.29, 0.717) is 24.2 Å². The summed E-state index contributed by atoms with van der Waals surface area (Å²) in [6.45, 7) is 3.30. The van der Waals surface area contributed by atoms with E-state index < -0.39 is 0 Å². The molecule has 0 amide bonds. The average molecular weight is 250 g/mol. The number of nitrogen functional groups attached to an aromatic ring is 1. The van der Waals surface area contributed by atoms with Crippen LogP contribution in [0, 0.1) is 6.92 Å². The number of aromatic nitrogens is 2. The van der Waals surface area contributed by atoms with E-state index in [0.717, 1.165) is 37.3 Å². The minimum atomic E-state index is 0.0938. The SMILES string of the molecule is Cc1c(NN)nc(C2CC2)nc1OC1CCOC1. The first-order valence-corrected chi connectivity index (χ1v) is 6.37. The molecule has 1 saturated carbocycles. The lowest BCUT2D eigenvalue weighted by Gasteiger charge is -2.15. The molecule has 1 aromatic rings. The monoisotopic (exact) mass is 250 g/mol. The van der Waals surface area contributed by atoms with Gasteiger partial charge in [0.2, 0.25) is 5.88 Å². The number of hydrazine groups is 1. The van der Waals surface area contributed by atoms with E-state index in [2.05, 4.69) is 15.4 Å². The van der Waals surface area contributed by atoms with E-state index >= 15 is 0 Å². The van der Waals surface area contributed by atoms with Crippen molar-refractivity contribution in [2.45, 2.75) is 38.2 Å². The molecule has 1 unspecified atom stereocenters. The molecular weight excluding hydrogens is 232 g/mol. The van der Waals surface area contributed by atoms with Crippen molar-refractivity contribution in [3.05, 3.63) is 11.4 Å². The minimum absolute atomic E-state index is 0.0938. The molecule has 0 spiro atoms. The molecule has 3 rings (SSSR count). The van der Waals surface area contributed by atoms with E-state index in [1.54, 1.807) is 0 Å². The fourth-order valence-corrected chi connectivity index (χ4v) is 2.06. The molecule has 1 saturated heterocycles. The summed E-state index contributed by atoms with van der Waals surface area (Å²) < 4.78 is 11.2. The summed E-state index contributed by atoms with van der Waals surface area (Å²) in [5.41, 5.74) is 3.48. The van der Waals surface area contributed by atoms with Crippen molar-refractivity contribution >= 4 is 5.82 Å². The largest absolute Gasteiger partial charge is 0.471 e. The van der Waals surface area contributed by atoms with Crippen LogP contribution >= 0.6 is 0 Å². The molecular formula is C12H18N4O2. The summed E-state index contributed by atoms with van der Waals surface area (Å²) in [4.78, 5) is 8.95. The minimum Gasteiger partial charge on any atom is -0.471 e. The molecule has 6 nitrogen and oxygen atoms in total. The maximum Gasteiger partial charge on any atom is 0.222 e. The fourth-order valence-electron chi connectivity index (χ4n) is 2.06. The molecule has 6 heteroatoms. The van der Waals surface area contributed by atoms with Gasteiger partial charge in [-0.1, -0.05) is 0 Å². The van der Waals surface area contributed by atoms with Gasteiger partial charge in [0.1, 0.15) is 17.7 Å². The number of nitrogens with one attached hydrogen (secondary N) is 1. The van der Waals surface area contributed by atoms with Gasteiger partial charge in [-0.25, -0.2) is 10.8 Å². The zero-order chi connectivity index (χ0) is 12.5. The van der Waals surface area contributed by atoms with E-state index in [4.69, 9.17) is 15.3 Å². The molecule has 0 aromatic carbocycles. The van der Waals surface area contributed by atoms with Gasteiger partial charge in [0.05, 0.1) is 18.8 Å². The first kappa shape index (κ1) is 11.7. The highest BCUT2D eigenvalue weighted by Crippen LogP contribution is 2.40. The fraction of sp³-hybridized carbons (Fsp3) is 0.667. The number of hydrogen-bond donors (Lipinski definition) is 2. The van der Waals surface area contributed by atoms with E-state index in [-0.39, 0.29) is 6.10 Å². The molecule has 1 aliphatic carbocycles. The lowest BCUT2D eigenvalue weighted by atomic mass is 10.3. The molecule has 2 fully saturated rings. The predicted molar refractivity (Wildman–Crippen MR) is 66.4 cm³/mol. The Balaban J connectivity index is 1.87. The first-order chi connectivity index (χ1) is 8.78. The van der Waals surface area contributed by atoms with Crippen LogP contribution in [0.1, 0.15) is 36.6 Å². The van der Waals surface area contributed by atoms with Crippen molar-refractivity contribution < 1.29 is 9.47 Å². The average Bonchev–Trinajstić information content (AvgIpc) is 3.11. The van der Waals surface area contributed by atoms with Crippen LogP contribution < -0.4 is 16.0 Å². The number of nitrogens with two attached hydrogens (primary N) is 1. The smallest absolute Gasteiger partial charge is 0.222 e. The second-order valence-corrected chi connectivity index (χ2v) is 4.88. The maximum atomic E-state index is 5.90. The molecule has 98 valence electrons. The molecule has 18 heavy (non-hydrogen) atoms. The van der Waals surface area contributed by atoms with Crippen LogP contribution in [0.5, 0.6) is 5.88 Å². The molecule has 1 aliphatic heterocycles. The zero-order valence-electron chi connectivity index (χ0n) is 10.5.